The number of sulfonamides is 1. The maximum atomic E-state index is 12.6. The number of carbonyl (C=O) groups excluding carboxylic acids is 1. The highest BCUT2D eigenvalue weighted by Crippen LogP contribution is 2.18. The number of nitrogens with one attached hydrogen (secondary N) is 1. The summed E-state index contributed by atoms with van der Waals surface area (Å²) in [7, 11) is -3.48. The zero-order valence-electron chi connectivity index (χ0n) is 18.6. The molecule has 1 fully saturated rings. The molecule has 1 heterocycles. The maximum absolute atomic E-state index is 12.6. The predicted molar refractivity (Wildman–Crippen MR) is 123 cm³/mol. The Bertz CT molecular complexity index is 953. The molecule has 1 aliphatic rings. The number of nitrogens with zero attached hydrogens (tertiary/aromatic N) is 1. The number of carbonyl (C=O) groups is 1. The number of benzene rings is 2. The Kier molecular flexibility index (Phi) is 9.08. The van der Waals surface area contributed by atoms with Crippen molar-refractivity contribution in [2.24, 2.45) is 0 Å². The van der Waals surface area contributed by atoms with Gasteiger partial charge in [-0.05, 0) is 54.7 Å². The summed E-state index contributed by atoms with van der Waals surface area (Å²) in [5.74, 6) is 0.808. The molecule has 0 unspecified atom stereocenters. The fourth-order valence-corrected chi connectivity index (χ4v) is 4.85. The average Bonchev–Trinajstić information content (AvgIpc) is 2.83. The predicted octanol–water partition coefficient (Wildman–Crippen LogP) is 2.79. The Morgan fingerprint density at radius 2 is 1.69 bits per heavy atom. The molecule has 2 aromatic carbocycles. The lowest BCUT2D eigenvalue weighted by atomic mass is 10.1. The summed E-state index contributed by atoms with van der Waals surface area (Å²) in [5.41, 5.74) is 2.25. The lowest BCUT2D eigenvalue weighted by Gasteiger charge is -2.26. The van der Waals surface area contributed by atoms with Gasteiger partial charge in [0.25, 0.3) is 0 Å². The molecule has 1 aliphatic heterocycles. The van der Waals surface area contributed by atoms with Crippen LogP contribution in [0.3, 0.4) is 0 Å². The van der Waals surface area contributed by atoms with E-state index in [2.05, 4.69) is 12.2 Å². The molecule has 0 spiro atoms. The Hall–Kier alpha value is -2.42. The molecule has 0 aromatic heterocycles. The second kappa shape index (κ2) is 12.0. The maximum Gasteiger partial charge on any atom is 0.243 e. The molecule has 32 heavy (non-hydrogen) atoms. The second-order valence-electron chi connectivity index (χ2n) is 7.71. The van der Waals surface area contributed by atoms with Gasteiger partial charge < -0.3 is 14.8 Å². The minimum Gasteiger partial charge on any atom is -0.494 e. The zero-order chi connectivity index (χ0) is 22.8. The fraction of sp³-hybridized carbons (Fsp3) is 0.458. The van der Waals surface area contributed by atoms with Crippen molar-refractivity contribution >= 4 is 15.9 Å². The molecule has 0 saturated carbocycles. The smallest absolute Gasteiger partial charge is 0.243 e. The Labute approximate surface area is 190 Å². The van der Waals surface area contributed by atoms with E-state index in [4.69, 9.17) is 9.47 Å². The highest BCUT2D eigenvalue weighted by Gasteiger charge is 2.26. The quantitative estimate of drug-likeness (QED) is 0.521. The monoisotopic (exact) mass is 460 g/mol. The van der Waals surface area contributed by atoms with Crippen LogP contribution in [-0.4, -0.2) is 58.1 Å². The van der Waals surface area contributed by atoms with Gasteiger partial charge in [0.2, 0.25) is 15.9 Å². The van der Waals surface area contributed by atoms with Crippen molar-refractivity contribution in [1.29, 1.82) is 0 Å². The summed E-state index contributed by atoms with van der Waals surface area (Å²) in [6.45, 7) is 4.73. The third kappa shape index (κ3) is 7.05. The van der Waals surface area contributed by atoms with Gasteiger partial charge in [-0.15, -0.1) is 0 Å². The standard InChI is InChI=1S/C24H32N2O5S/c1-2-20-5-9-22(10-6-20)31-17-3-4-24(27)25-14-13-21-7-11-23(12-8-21)32(28,29)26-15-18-30-19-16-26/h5-12H,2-4,13-19H2,1H3,(H,25,27). The first-order valence-corrected chi connectivity index (χ1v) is 12.6. The average molecular weight is 461 g/mol. The van der Waals surface area contributed by atoms with Crippen molar-refractivity contribution in [3.05, 3.63) is 59.7 Å². The van der Waals surface area contributed by atoms with E-state index in [0.717, 1.165) is 17.7 Å². The Morgan fingerprint density at radius 1 is 1.03 bits per heavy atom. The molecule has 0 atom stereocenters. The largest absolute Gasteiger partial charge is 0.494 e. The number of morpholine rings is 1. The van der Waals surface area contributed by atoms with Gasteiger partial charge in [-0.1, -0.05) is 31.2 Å². The third-order valence-electron chi connectivity index (χ3n) is 5.42. The molecular weight excluding hydrogens is 428 g/mol. The van der Waals surface area contributed by atoms with E-state index in [-0.39, 0.29) is 10.8 Å². The first-order chi connectivity index (χ1) is 15.5. The van der Waals surface area contributed by atoms with Crippen LogP contribution in [0.15, 0.2) is 53.4 Å². The lowest BCUT2D eigenvalue weighted by Crippen LogP contribution is -2.40. The first-order valence-electron chi connectivity index (χ1n) is 11.1. The molecule has 7 nitrogen and oxygen atoms in total. The van der Waals surface area contributed by atoms with Crippen LogP contribution in [0.1, 0.15) is 30.9 Å². The minimum absolute atomic E-state index is 0.0125. The Morgan fingerprint density at radius 3 is 2.34 bits per heavy atom. The van der Waals surface area contributed by atoms with Crippen molar-refractivity contribution in [3.8, 4) is 5.75 Å². The number of rotatable bonds is 11. The molecule has 174 valence electrons. The summed E-state index contributed by atoms with van der Waals surface area (Å²) in [6.07, 6.45) is 2.70. The first kappa shape index (κ1) is 24.2. The van der Waals surface area contributed by atoms with Crippen LogP contribution >= 0.6 is 0 Å². The van der Waals surface area contributed by atoms with E-state index < -0.39 is 10.0 Å². The topological polar surface area (TPSA) is 84.9 Å². The molecule has 8 heteroatoms. The number of hydrogen-bond acceptors (Lipinski definition) is 5. The summed E-state index contributed by atoms with van der Waals surface area (Å²) in [5, 5.41) is 2.91. The van der Waals surface area contributed by atoms with Gasteiger partial charge >= 0.3 is 0 Å². The molecule has 1 amide bonds. The van der Waals surface area contributed by atoms with Crippen LogP contribution in [0.25, 0.3) is 0 Å². The van der Waals surface area contributed by atoms with Gasteiger partial charge in [0.05, 0.1) is 24.7 Å². The van der Waals surface area contributed by atoms with Crippen LogP contribution in [0.2, 0.25) is 0 Å². The van der Waals surface area contributed by atoms with Gasteiger partial charge in [0, 0.05) is 26.1 Å². The van der Waals surface area contributed by atoms with Crippen LogP contribution in [-0.2, 0) is 32.4 Å². The molecule has 2 aromatic rings. The van der Waals surface area contributed by atoms with E-state index in [9.17, 15) is 13.2 Å². The van der Waals surface area contributed by atoms with Crippen LogP contribution < -0.4 is 10.1 Å². The van der Waals surface area contributed by atoms with Crippen LogP contribution in [0.4, 0.5) is 0 Å². The van der Waals surface area contributed by atoms with Gasteiger partial charge in [-0.25, -0.2) is 8.42 Å². The van der Waals surface area contributed by atoms with Crippen LogP contribution in [0, 0.1) is 0 Å². The van der Waals surface area contributed by atoms with Crippen molar-refractivity contribution in [3.63, 3.8) is 0 Å². The minimum atomic E-state index is -3.48. The van der Waals surface area contributed by atoms with Crippen LogP contribution in [0.5, 0.6) is 5.75 Å². The van der Waals surface area contributed by atoms with Gasteiger partial charge in [0.1, 0.15) is 5.75 Å². The van der Waals surface area contributed by atoms with E-state index in [0.29, 0.717) is 58.7 Å². The SMILES string of the molecule is CCc1ccc(OCCCC(=O)NCCc2ccc(S(=O)(=O)N3CCOCC3)cc2)cc1. The Balaban J connectivity index is 1.34. The van der Waals surface area contributed by atoms with E-state index in [1.165, 1.54) is 9.87 Å². The van der Waals surface area contributed by atoms with E-state index in [1.54, 1.807) is 24.3 Å². The van der Waals surface area contributed by atoms with E-state index >= 15 is 0 Å². The van der Waals surface area contributed by atoms with Crippen molar-refractivity contribution in [2.45, 2.75) is 37.5 Å². The molecule has 1 N–H and O–H groups in total. The van der Waals surface area contributed by atoms with Gasteiger partial charge in [-0.2, -0.15) is 4.31 Å². The van der Waals surface area contributed by atoms with Crippen molar-refractivity contribution in [1.82, 2.24) is 9.62 Å². The molecule has 3 rings (SSSR count). The van der Waals surface area contributed by atoms with Crippen molar-refractivity contribution in [2.75, 3.05) is 39.5 Å². The normalized spacial score (nSPS) is 14.8. The molecule has 0 aliphatic carbocycles. The van der Waals surface area contributed by atoms with Crippen molar-refractivity contribution < 1.29 is 22.7 Å². The lowest BCUT2D eigenvalue weighted by molar-refractivity contribution is -0.121. The molecule has 0 bridgehead atoms. The highest BCUT2D eigenvalue weighted by molar-refractivity contribution is 7.89. The summed E-state index contributed by atoms with van der Waals surface area (Å²) < 4.78 is 37.7. The molecule has 0 radical (unpaired) electrons. The second-order valence-corrected chi connectivity index (χ2v) is 9.65. The number of ether oxygens (including phenoxy) is 2. The van der Waals surface area contributed by atoms with Gasteiger partial charge in [-0.3, -0.25) is 4.79 Å². The summed E-state index contributed by atoms with van der Waals surface area (Å²) in [6, 6.07) is 14.9. The fourth-order valence-electron chi connectivity index (χ4n) is 3.44. The third-order valence-corrected chi connectivity index (χ3v) is 7.33. The van der Waals surface area contributed by atoms with E-state index in [1.807, 2.05) is 24.3 Å². The summed E-state index contributed by atoms with van der Waals surface area (Å²) in [4.78, 5) is 12.3. The highest BCUT2D eigenvalue weighted by atomic mass is 32.2. The molecular formula is C24H32N2O5S. The number of hydrogen-bond donors (Lipinski definition) is 1. The molecule has 1 saturated heterocycles. The summed E-state index contributed by atoms with van der Waals surface area (Å²) >= 11 is 0. The number of amides is 1. The zero-order valence-corrected chi connectivity index (χ0v) is 19.4. The number of aryl methyl sites for hydroxylation is 1. The van der Waals surface area contributed by atoms with Gasteiger partial charge in [0.15, 0.2) is 0 Å².